The van der Waals surface area contributed by atoms with Crippen molar-refractivity contribution in [1.82, 2.24) is 0 Å². The van der Waals surface area contributed by atoms with Crippen molar-refractivity contribution in [2.24, 2.45) is 0 Å². The molecule has 40 atom stereocenters. The Labute approximate surface area is 532 Å². The summed E-state index contributed by atoms with van der Waals surface area (Å²) in [6.45, 7) is -8.64. The molecule has 30 aliphatic heterocycles. The fourth-order valence-corrected chi connectivity index (χ4v) is 11.9. The number of hydrogen-bond acceptors (Lipinski definition) is 40. The van der Waals surface area contributed by atoms with E-state index in [1.165, 1.54) is 0 Å². The fraction of sp³-hybridized carbons (Fsp3) is 1.00. The zero-order valence-corrected chi connectivity index (χ0v) is 46.0. The predicted octanol–water partition coefficient (Wildman–Crippen LogP) is -18.3. The van der Waals surface area contributed by atoms with E-state index in [-0.39, 0.29) is 37.7 Å². The van der Waals surface area contributed by atoms with Gasteiger partial charge in [-0.3, -0.25) is 0 Å². The van der Waals surface area contributed by atoms with Crippen molar-refractivity contribution in [1.29, 1.82) is 0 Å². The van der Waals surface area contributed by atoms with Crippen LogP contribution in [0.4, 0.5) is 0 Å². The van der Waals surface area contributed by atoms with Crippen molar-refractivity contribution in [3.8, 4) is 0 Å². The molecule has 0 spiro atoms. The van der Waals surface area contributed by atoms with Crippen molar-refractivity contribution in [3.63, 3.8) is 0 Å². The number of aliphatic hydroxyl groups is 24. The molecule has 30 rings (SSSR count). The van der Waals surface area contributed by atoms with Gasteiger partial charge in [0.15, 0.2) is 50.3 Å². The van der Waals surface area contributed by atoms with Gasteiger partial charge in [0.05, 0.1) is 52.9 Å². The van der Waals surface area contributed by atoms with Crippen LogP contribution in [0.25, 0.3) is 0 Å². The van der Waals surface area contributed by atoms with Crippen molar-refractivity contribution in [2.75, 3.05) is 52.9 Å². The van der Waals surface area contributed by atoms with Crippen molar-refractivity contribution in [2.45, 2.75) is 246 Å². The van der Waals surface area contributed by atoms with Crippen LogP contribution in [-0.2, 0) is 75.8 Å². The van der Waals surface area contributed by atoms with Gasteiger partial charge in [-0.05, 0) is 0 Å². The first-order valence-corrected chi connectivity index (χ1v) is 28.1. The van der Waals surface area contributed by atoms with Crippen molar-refractivity contribution in [3.05, 3.63) is 0 Å². The maximum atomic E-state index is 11.4. The van der Waals surface area contributed by atoms with Crippen molar-refractivity contribution >= 4 is 37.7 Å². The zero-order valence-electron chi connectivity index (χ0n) is 46.0. The Bertz CT molecular complexity index is 1710. The van der Waals surface area contributed by atoms with Gasteiger partial charge in [0, 0.05) is 0 Å². The van der Waals surface area contributed by atoms with Crippen LogP contribution in [0.1, 0.15) is 0 Å². The molecular formula is C48H82CaO40. The van der Waals surface area contributed by atoms with E-state index in [0.717, 1.165) is 0 Å². The Morgan fingerprint density at radius 3 is 0.315 bits per heavy atom. The molecule has 0 aliphatic carbocycles. The van der Waals surface area contributed by atoms with Crippen LogP contribution in [0.15, 0.2) is 0 Å². The van der Waals surface area contributed by atoms with E-state index < -0.39 is 299 Å². The summed E-state index contributed by atoms with van der Waals surface area (Å²) in [6, 6.07) is 0. The number of hydrogen-bond donors (Lipinski definition) is 24. The third-order valence-electron chi connectivity index (χ3n) is 16.9. The van der Waals surface area contributed by atoms with E-state index in [2.05, 4.69) is 0 Å². The summed E-state index contributed by atoms with van der Waals surface area (Å²) in [6.07, 6.45) is -82.0. The third-order valence-corrected chi connectivity index (χ3v) is 16.9. The van der Waals surface area contributed by atoms with E-state index in [9.17, 15) is 123 Å². The first-order chi connectivity index (χ1) is 41.9. The van der Waals surface area contributed by atoms with Crippen LogP contribution in [0.3, 0.4) is 0 Å². The molecule has 41 heteroatoms. The summed E-state index contributed by atoms with van der Waals surface area (Å²) in [5.74, 6) is 0. The average Bonchev–Trinajstić information content (AvgIpc) is 1.09. The maximum absolute atomic E-state index is 11.4. The van der Waals surface area contributed by atoms with Gasteiger partial charge in [-0.2, -0.15) is 0 Å². The van der Waals surface area contributed by atoms with Gasteiger partial charge >= 0.3 is 37.7 Å². The van der Waals surface area contributed by atoms with Crippen LogP contribution in [0, 0.1) is 0 Å². The van der Waals surface area contributed by atoms with Crippen LogP contribution in [-0.4, -0.2) is 459 Å². The summed E-state index contributed by atoms with van der Waals surface area (Å²) >= 11 is 0. The predicted molar refractivity (Wildman–Crippen MR) is 270 cm³/mol. The molecule has 24 N–H and O–H groups in total. The van der Waals surface area contributed by atoms with E-state index in [4.69, 9.17) is 75.8 Å². The van der Waals surface area contributed by atoms with E-state index in [0.29, 0.717) is 0 Å². The molecule has 0 amide bonds. The molecular weight excluding hydrogens is 1260 g/mol. The Morgan fingerprint density at radius 2 is 0.236 bits per heavy atom. The molecule has 30 fully saturated rings. The van der Waals surface area contributed by atoms with Crippen LogP contribution >= 0.6 is 0 Å². The van der Waals surface area contributed by atoms with E-state index in [1.54, 1.807) is 0 Å². The van der Waals surface area contributed by atoms with Gasteiger partial charge in [0.1, 0.15) is 195 Å². The van der Waals surface area contributed by atoms with Gasteiger partial charge < -0.3 is 198 Å². The standard InChI is InChI=1S/C48H80O40.Ca.2H/c49-1-9-33-17(57)25(65)41(73-9)82-34-10(2-50)75-43(27(67)19(34)59)84-36-12(4-52)77-45(29(69)21(36)61)86-38-14(6-54)79-47(31(71)23(38)63)88-40-16(8-56)80-48(32(72)24(40)64)87-39-15(7-55)78-46(30(70)22(39)62)85-37-13(5-53)76-44(28(68)20(37)60)83-35-11(3-51)74-42(81-33)26(66)18(35)58;;;/h9-72H,1-8H2;;;/t9-,10-,11-,12-,13-,14-,15-,16-,17-,18-,19-,20-,21-,22-,23-,24-,25-,26-,27-,28-,29-,30-,31-,32-,33-,34-,35-,36-,37-,38-,39-,40-,41-,42-,43-,44-,45-,46-,47-,48-;;;/m1.../s1. The van der Waals surface area contributed by atoms with Gasteiger partial charge in [0.2, 0.25) is 0 Å². The molecule has 0 saturated carbocycles. The molecule has 0 radical (unpaired) electrons. The first kappa shape index (κ1) is 74.5. The molecule has 0 aromatic carbocycles. The Balaban J connectivity index is 0.0000102. The second kappa shape index (κ2) is 31.9. The molecule has 0 aromatic heterocycles. The molecule has 516 valence electrons. The van der Waals surface area contributed by atoms with Gasteiger partial charge in [-0.1, -0.05) is 0 Å². The molecule has 0 unspecified atom stereocenters. The fourth-order valence-electron chi connectivity index (χ4n) is 11.9. The topological polar surface area (TPSA) is 633 Å². The second-order valence-electron chi connectivity index (χ2n) is 22.5. The molecule has 30 aliphatic rings. The van der Waals surface area contributed by atoms with E-state index >= 15 is 0 Å². The molecule has 89 heavy (non-hydrogen) atoms. The Morgan fingerprint density at radius 1 is 0.146 bits per heavy atom. The molecule has 0 aromatic rings. The number of ether oxygens (including phenoxy) is 16. The first-order valence-electron chi connectivity index (χ1n) is 28.1. The van der Waals surface area contributed by atoms with Crippen LogP contribution < -0.4 is 0 Å². The monoisotopic (exact) mass is 1340 g/mol. The van der Waals surface area contributed by atoms with Crippen molar-refractivity contribution < 1.29 is 198 Å². The second-order valence-corrected chi connectivity index (χ2v) is 22.5. The minimum absolute atomic E-state index is 0. The van der Waals surface area contributed by atoms with Gasteiger partial charge in [0.25, 0.3) is 0 Å². The summed E-state index contributed by atoms with van der Waals surface area (Å²) < 4.78 is 91.1. The summed E-state index contributed by atoms with van der Waals surface area (Å²) in [7, 11) is 0. The van der Waals surface area contributed by atoms with Gasteiger partial charge in [-0.15, -0.1) is 0 Å². The molecule has 30 saturated heterocycles. The SMILES string of the molecule is OC[C@H]1O[C@@H]2O[C@H]3[C@H](O)[C@@H](O)[C@@H](O[C@H]4[C@H](O)[C@@H](O)[C@@H](O[C@H]5[C@H](O)[C@@H](O)[C@@H](O[C@H]6[C@H](O)[C@@H](O)[C@@H](O[C@H]7[C@H](O)[C@@H](O)[C@@H](O[C@H]8[C@H](O)[C@@H](O)[C@@H](O[C@H]9[C@H](O)[C@@H](O)[C@@H](O[C@H]1[C@H](O)[C@H]2O)O[C@@H]9CO)O[C@@H]8CO)O[C@@H]7CO)O[C@@H]6CO)O[C@@H]5CO)O[C@@H]4CO)O[C@@H]3CO.[CaH2]. The zero-order chi connectivity index (χ0) is 64.1. The van der Waals surface area contributed by atoms with Crippen LogP contribution in [0.5, 0.6) is 0 Å². The van der Waals surface area contributed by atoms with E-state index in [1.807, 2.05) is 0 Å². The minimum atomic E-state index is -2.25. The van der Waals surface area contributed by atoms with Gasteiger partial charge in [-0.25, -0.2) is 0 Å². The normalized spacial score (nSPS) is 54.7. The number of rotatable bonds is 8. The molecule has 40 nitrogen and oxygen atoms in total. The van der Waals surface area contributed by atoms with Crippen LogP contribution in [0.2, 0.25) is 0 Å². The summed E-state index contributed by atoms with van der Waals surface area (Å²) in [5.41, 5.74) is 0. The summed E-state index contributed by atoms with van der Waals surface area (Å²) in [5, 5.41) is 265. The average molecular weight is 1340 g/mol. The summed E-state index contributed by atoms with van der Waals surface area (Å²) in [4.78, 5) is 0. The molecule has 30 heterocycles. The number of aliphatic hydroxyl groups excluding tert-OH is 24. The Hall–Kier alpha value is -0.340. The quantitative estimate of drug-likeness (QED) is 0.100. The Kier molecular flexibility index (Phi) is 26.7. The molecule has 16 bridgehead atoms. The third kappa shape index (κ3) is 14.9.